The normalized spacial score (nSPS) is 24.5. The van der Waals surface area contributed by atoms with Crippen molar-refractivity contribution >= 4 is 17.7 Å². The van der Waals surface area contributed by atoms with Crippen LogP contribution in [0.15, 0.2) is 11.2 Å². The highest BCUT2D eigenvalue weighted by molar-refractivity contribution is 8.00. The van der Waals surface area contributed by atoms with Crippen molar-refractivity contribution < 1.29 is 0 Å². The van der Waals surface area contributed by atoms with E-state index in [0.717, 1.165) is 37.7 Å². The number of aliphatic imine (C=N–C) groups is 1. The van der Waals surface area contributed by atoms with E-state index < -0.39 is 0 Å². The van der Waals surface area contributed by atoms with Crippen LogP contribution in [0.1, 0.15) is 51.0 Å². The number of aromatic nitrogens is 2. The molecular weight excluding hydrogens is 306 g/mol. The van der Waals surface area contributed by atoms with Gasteiger partial charge < -0.3 is 15.2 Å². The van der Waals surface area contributed by atoms with Gasteiger partial charge in [-0.15, -0.1) is 0 Å². The maximum Gasteiger partial charge on any atom is 0.191 e. The second kappa shape index (κ2) is 7.60. The summed E-state index contributed by atoms with van der Waals surface area (Å²) in [5, 5.41) is 6.87. The van der Waals surface area contributed by atoms with E-state index in [1.165, 1.54) is 37.3 Å². The summed E-state index contributed by atoms with van der Waals surface area (Å²) in [6.45, 7) is 8.08. The Labute approximate surface area is 143 Å². The number of aryl methyl sites for hydroxylation is 2. The molecule has 1 fully saturated rings. The van der Waals surface area contributed by atoms with Crippen molar-refractivity contribution in [2.24, 2.45) is 4.99 Å². The Morgan fingerprint density at radius 1 is 1.39 bits per heavy atom. The van der Waals surface area contributed by atoms with Crippen LogP contribution in [0, 0.1) is 0 Å². The molecule has 0 aromatic carbocycles. The summed E-state index contributed by atoms with van der Waals surface area (Å²) in [4.78, 5) is 9.46. The van der Waals surface area contributed by atoms with Crippen molar-refractivity contribution in [3.05, 3.63) is 17.7 Å². The average molecular weight is 336 g/mol. The fourth-order valence-electron chi connectivity index (χ4n) is 3.30. The van der Waals surface area contributed by atoms with E-state index in [1.54, 1.807) is 0 Å². The molecule has 2 aliphatic heterocycles. The number of hydrogen-bond acceptors (Lipinski definition) is 3. The molecule has 1 aromatic heterocycles. The standard InChI is InChI=1S/C17H29N5S/c1-3-18-16(20-13-17(2)8-6-10-23-17)19-11-14-12-22-9-5-4-7-15(22)21-14/h12H,3-11,13H2,1-2H3,(H2,18,19,20). The number of hydrogen-bond donors (Lipinski definition) is 2. The summed E-state index contributed by atoms with van der Waals surface area (Å²) < 4.78 is 2.65. The molecule has 0 bridgehead atoms. The van der Waals surface area contributed by atoms with Crippen molar-refractivity contribution in [3.63, 3.8) is 0 Å². The van der Waals surface area contributed by atoms with E-state index in [-0.39, 0.29) is 0 Å². The average Bonchev–Trinajstić information content (AvgIpc) is 3.16. The molecule has 1 unspecified atom stereocenters. The topological polar surface area (TPSA) is 54.2 Å². The molecule has 1 atom stereocenters. The molecule has 23 heavy (non-hydrogen) atoms. The minimum Gasteiger partial charge on any atom is -0.357 e. The SMILES string of the molecule is CCNC(=NCc1cn2c(n1)CCCC2)NCC1(C)CCCS1. The summed E-state index contributed by atoms with van der Waals surface area (Å²) in [6.07, 6.45) is 8.44. The van der Waals surface area contributed by atoms with Gasteiger partial charge in [-0.25, -0.2) is 9.98 Å². The predicted molar refractivity (Wildman–Crippen MR) is 98.1 cm³/mol. The van der Waals surface area contributed by atoms with Crippen LogP contribution in [0.2, 0.25) is 0 Å². The third-order valence-corrected chi connectivity index (χ3v) is 6.17. The molecule has 1 aromatic rings. The van der Waals surface area contributed by atoms with Gasteiger partial charge >= 0.3 is 0 Å². The molecule has 128 valence electrons. The highest BCUT2D eigenvalue weighted by Crippen LogP contribution is 2.36. The number of nitrogens with one attached hydrogen (secondary N) is 2. The molecule has 5 nitrogen and oxygen atoms in total. The first kappa shape index (κ1) is 16.7. The summed E-state index contributed by atoms with van der Waals surface area (Å²) in [5.74, 6) is 3.42. The minimum atomic E-state index is 0.351. The highest BCUT2D eigenvalue weighted by Gasteiger charge is 2.29. The van der Waals surface area contributed by atoms with E-state index in [9.17, 15) is 0 Å². The van der Waals surface area contributed by atoms with E-state index in [4.69, 9.17) is 9.98 Å². The number of fused-ring (bicyclic) bond motifs is 1. The van der Waals surface area contributed by atoms with Gasteiger partial charge in [-0.1, -0.05) is 0 Å². The summed E-state index contributed by atoms with van der Waals surface area (Å²) in [7, 11) is 0. The third kappa shape index (κ3) is 4.43. The number of rotatable bonds is 5. The lowest BCUT2D eigenvalue weighted by molar-refractivity contribution is 0.522. The van der Waals surface area contributed by atoms with Crippen molar-refractivity contribution in [2.75, 3.05) is 18.8 Å². The zero-order valence-corrected chi connectivity index (χ0v) is 15.2. The van der Waals surface area contributed by atoms with Crippen molar-refractivity contribution in [1.29, 1.82) is 0 Å². The van der Waals surface area contributed by atoms with Gasteiger partial charge in [-0.05, 0) is 45.3 Å². The Hall–Kier alpha value is -1.17. The summed E-state index contributed by atoms with van der Waals surface area (Å²) in [5.41, 5.74) is 1.08. The van der Waals surface area contributed by atoms with Gasteiger partial charge in [0.05, 0.1) is 12.2 Å². The Morgan fingerprint density at radius 2 is 2.30 bits per heavy atom. The largest absolute Gasteiger partial charge is 0.357 e. The molecule has 6 heteroatoms. The molecule has 0 aliphatic carbocycles. The van der Waals surface area contributed by atoms with Gasteiger partial charge in [0.1, 0.15) is 5.82 Å². The van der Waals surface area contributed by atoms with Crippen LogP contribution in [0.3, 0.4) is 0 Å². The smallest absolute Gasteiger partial charge is 0.191 e. The molecule has 2 aliphatic rings. The lowest BCUT2D eigenvalue weighted by Crippen LogP contribution is -2.43. The first-order chi connectivity index (χ1) is 11.2. The van der Waals surface area contributed by atoms with Crippen molar-refractivity contribution in [1.82, 2.24) is 20.2 Å². The van der Waals surface area contributed by atoms with E-state index in [2.05, 4.69) is 47.0 Å². The quantitative estimate of drug-likeness (QED) is 0.641. The van der Waals surface area contributed by atoms with Crippen molar-refractivity contribution in [2.45, 2.75) is 63.8 Å². The molecule has 3 heterocycles. The summed E-state index contributed by atoms with van der Waals surface area (Å²) in [6, 6.07) is 0. The maximum absolute atomic E-state index is 4.73. The van der Waals surface area contributed by atoms with Gasteiger partial charge in [0, 0.05) is 37.0 Å². The van der Waals surface area contributed by atoms with Crippen LogP contribution >= 0.6 is 11.8 Å². The number of imidazole rings is 1. The number of nitrogens with zero attached hydrogens (tertiary/aromatic N) is 3. The molecule has 3 rings (SSSR count). The van der Waals surface area contributed by atoms with Crippen LogP contribution in [-0.4, -0.2) is 39.1 Å². The molecule has 0 amide bonds. The minimum absolute atomic E-state index is 0.351. The molecule has 0 saturated carbocycles. The first-order valence-corrected chi connectivity index (χ1v) is 9.88. The maximum atomic E-state index is 4.73. The highest BCUT2D eigenvalue weighted by atomic mass is 32.2. The Morgan fingerprint density at radius 3 is 3.04 bits per heavy atom. The van der Waals surface area contributed by atoms with Crippen LogP contribution < -0.4 is 10.6 Å². The monoisotopic (exact) mass is 335 g/mol. The van der Waals surface area contributed by atoms with Gasteiger partial charge in [0.15, 0.2) is 5.96 Å². The number of thioether (sulfide) groups is 1. The predicted octanol–water partition coefficient (Wildman–Crippen LogP) is 2.56. The summed E-state index contributed by atoms with van der Waals surface area (Å²) >= 11 is 2.08. The second-order valence-electron chi connectivity index (χ2n) is 6.75. The van der Waals surface area contributed by atoms with E-state index >= 15 is 0 Å². The van der Waals surface area contributed by atoms with Crippen LogP contribution in [0.25, 0.3) is 0 Å². The Bertz CT molecular complexity index is 522. The zero-order valence-electron chi connectivity index (χ0n) is 14.4. The fraction of sp³-hybridized carbons (Fsp3) is 0.765. The van der Waals surface area contributed by atoms with Gasteiger partial charge in [0.25, 0.3) is 0 Å². The Balaban J connectivity index is 1.58. The fourth-order valence-corrected chi connectivity index (χ4v) is 4.54. The Kier molecular flexibility index (Phi) is 5.51. The van der Waals surface area contributed by atoms with Gasteiger partial charge in [-0.3, -0.25) is 0 Å². The van der Waals surface area contributed by atoms with Gasteiger partial charge in [0.2, 0.25) is 0 Å². The molecular formula is C17H29N5S. The molecule has 0 radical (unpaired) electrons. The van der Waals surface area contributed by atoms with Gasteiger partial charge in [-0.2, -0.15) is 11.8 Å². The van der Waals surface area contributed by atoms with E-state index in [1.807, 2.05) is 0 Å². The third-order valence-electron chi connectivity index (χ3n) is 4.63. The van der Waals surface area contributed by atoms with Crippen LogP contribution in [-0.2, 0) is 19.5 Å². The van der Waals surface area contributed by atoms with Crippen LogP contribution in [0.5, 0.6) is 0 Å². The molecule has 2 N–H and O–H groups in total. The first-order valence-electron chi connectivity index (χ1n) is 8.89. The zero-order chi connectivity index (χ0) is 16.1. The van der Waals surface area contributed by atoms with Crippen LogP contribution in [0.4, 0.5) is 0 Å². The lowest BCUT2D eigenvalue weighted by Gasteiger charge is -2.24. The van der Waals surface area contributed by atoms with Crippen molar-refractivity contribution in [3.8, 4) is 0 Å². The number of guanidine groups is 1. The molecule has 0 spiro atoms. The lowest BCUT2D eigenvalue weighted by atomic mass is 10.1. The second-order valence-corrected chi connectivity index (χ2v) is 8.43. The molecule has 1 saturated heterocycles. The van der Waals surface area contributed by atoms with E-state index in [0.29, 0.717) is 11.3 Å².